The largest absolute Gasteiger partial charge is 0.493 e. The van der Waals surface area contributed by atoms with Crippen LogP contribution in [-0.2, 0) is 14.3 Å². The van der Waals surface area contributed by atoms with Gasteiger partial charge in [-0.25, -0.2) is 15.0 Å². The molecule has 1 aliphatic heterocycles. The number of rotatable bonds is 11. The lowest BCUT2D eigenvalue weighted by Crippen LogP contribution is -2.45. The Balaban J connectivity index is 1.64. The molecule has 0 radical (unpaired) electrons. The van der Waals surface area contributed by atoms with E-state index in [0.717, 1.165) is 9.13 Å². The molecule has 2 aromatic carbocycles. The Kier molecular flexibility index (Phi) is 10.6. The van der Waals surface area contributed by atoms with Crippen LogP contribution in [-0.4, -0.2) is 51.1 Å². The average molecular weight is 646 g/mol. The van der Waals surface area contributed by atoms with E-state index in [1.807, 2.05) is 6.07 Å². The van der Waals surface area contributed by atoms with Crippen molar-refractivity contribution in [3.8, 4) is 29.6 Å². The second-order valence-electron chi connectivity index (χ2n) is 7.97. The molecule has 0 saturated carbocycles. The van der Waals surface area contributed by atoms with Crippen molar-refractivity contribution in [1.29, 1.82) is 0 Å². The van der Waals surface area contributed by atoms with Crippen molar-refractivity contribution in [1.82, 2.24) is 16.1 Å². The molecule has 2 aromatic rings. The van der Waals surface area contributed by atoms with E-state index in [0.29, 0.717) is 22.8 Å². The highest BCUT2D eigenvalue weighted by Crippen LogP contribution is 2.34. The van der Waals surface area contributed by atoms with Crippen LogP contribution < -0.4 is 30.3 Å². The summed E-state index contributed by atoms with van der Waals surface area (Å²) in [6, 6.07) is 9.03. The zero-order valence-corrected chi connectivity index (χ0v) is 23.7. The van der Waals surface area contributed by atoms with E-state index < -0.39 is 23.9 Å². The van der Waals surface area contributed by atoms with Crippen molar-refractivity contribution in [2.24, 2.45) is 5.10 Å². The molecule has 12 heteroatoms. The highest BCUT2D eigenvalue weighted by atomic mass is 127. The lowest BCUT2D eigenvalue weighted by atomic mass is 9.95. The summed E-state index contributed by atoms with van der Waals surface area (Å²) >= 11 is 2.12. The van der Waals surface area contributed by atoms with Gasteiger partial charge in [0.15, 0.2) is 18.1 Å². The molecule has 3 N–H and O–H groups in total. The Morgan fingerprint density at radius 3 is 2.64 bits per heavy atom. The number of halogens is 1. The van der Waals surface area contributed by atoms with Gasteiger partial charge < -0.3 is 29.6 Å². The average Bonchev–Trinajstić information content (AvgIpc) is 2.91. The van der Waals surface area contributed by atoms with Gasteiger partial charge in [0.25, 0.3) is 5.91 Å². The fourth-order valence-corrected chi connectivity index (χ4v) is 4.29. The highest BCUT2D eigenvalue weighted by molar-refractivity contribution is 14.1. The van der Waals surface area contributed by atoms with Crippen molar-refractivity contribution in [3.05, 3.63) is 62.4 Å². The molecule has 11 nitrogen and oxygen atoms in total. The number of ether oxygens (including phenoxy) is 4. The minimum absolute atomic E-state index is 0.174. The maximum absolute atomic E-state index is 12.5. The number of urea groups is 1. The number of methoxy groups -OCH3 is 1. The molecular weight excluding hydrogens is 619 g/mol. The number of carbonyl (C=O) groups is 3. The Morgan fingerprint density at radius 1 is 1.18 bits per heavy atom. The fraction of sp³-hybridized carbons (Fsp3) is 0.259. The van der Waals surface area contributed by atoms with Crippen LogP contribution in [0.3, 0.4) is 0 Å². The molecule has 0 fully saturated rings. The van der Waals surface area contributed by atoms with Gasteiger partial charge in [-0.2, -0.15) is 5.10 Å². The molecule has 3 rings (SSSR count). The summed E-state index contributed by atoms with van der Waals surface area (Å²) in [6.45, 7) is 3.35. The number of hydrazone groups is 1. The smallest absolute Gasteiger partial charge is 0.338 e. The third kappa shape index (κ3) is 7.87. The molecule has 0 unspecified atom stereocenters. The quantitative estimate of drug-likeness (QED) is 0.112. The maximum atomic E-state index is 12.5. The molecule has 1 atom stereocenters. The second-order valence-corrected chi connectivity index (χ2v) is 9.13. The Hall–Kier alpha value is -4.25. The lowest BCUT2D eigenvalue weighted by Gasteiger charge is -2.28. The van der Waals surface area contributed by atoms with Crippen LogP contribution in [0, 0.1) is 15.9 Å². The lowest BCUT2D eigenvalue weighted by molar-refractivity contribution is -0.139. The van der Waals surface area contributed by atoms with Crippen LogP contribution in [0.25, 0.3) is 0 Å². The van der Waals surface area contributed by atoms with E-state index in [1.165, 1.54) is 13.3 Å². The number of nitrogens with one attached hydrogen (secondary N) is 3. The molecule has 39 heavy (non-hydrogen) atoms. The molecule has 0 aliphatic carbocycles. The van der Waals surface area contributed by atoms with Crippen LogP contribution in [0.15, 0.2) is 52.8 Å². The molecule has 0 aromatic heterocycles. The summed E-state index contributed by atoms with van der Waals surface area (Å²) in [4.78, 5) is 36.9. The standard InChI is InChI=1S/C27H27IN4O7/c1-5-11-38-20-9-7-17(12-19(20)28)14-29-32-23(33)15-39-21-10-8-18(13-22(21)36-4)25-24(26(34)37-6-2)16(3)30-27(35)31-25/h1,7-10,12-14,25H,6,11,15H2,2-4H3,(H,32,33)(H2,30,31,35)/b29-14-/t25-/m0/s1. The number of hydrogen-bond acceptors (Lipinski definition) is 8. The first-order chi connectivity index (χ1) is 18.8. The first-order valence-electron chi connectivity index (χ1n) is 11.7. The van der Waals surface area contributed by atoms with E-state index in [2.05, 4.69) is 49.7 Å². The molecule has 0 spiro atoms. The summed E-state index contributed by atoms with van der Waals surface area (Å²) < 4.78 is 22.5. The predicted molar refractivity (Wildman–Crippen MR) is 151 cm³/mol. The normalized spacial score (nSPS) is 14.6. The zero-order chi connectivity index (χ0) is 28.4. The third-order valence-corrected chi connectivity index (χ3v) is 6.16. The number of carbonyl (C=O) groups excluding carboxylic acids is 3. The first-order valence-corrected chi connectivity index (χ1v) is 12.8. The Labute approximate surface area is 239 Å². The SMILES string of the molecule is C#CCOc1ccc(/C=N\NC(=O)COc2ccc([C@@H]3NC(=O)NC(C)=C3C(=O)OCC)cc2OC)cc1I. The van der Waals surface area contributed by atoms with Gasteiger partial charge in [0.05, 0.1) is 35.1 Å². The van der Waals surface area contributed by atoms with Gasteiger partial charge >= 0.3 is 12.0 Å². The number of nitrogens with zero attached hydrogens (tertiary/aromatic N) is 1. The molecule has 204 valence electrons. The van der Waals surface area contributed by atoms with Crippen LogP contribution >= 0.6 is 22.6 Å². The molecule has 1 aliphatic rings. The summed E-state index contributed by atoms with van der Waals surface area (Å²) in [5.74, 6) is 2.63. The van der Waals surface area contributed by atoms with E-state index in [-0.39, 0.29) is 31.1 Å². The Bertz CT molecular complexity index is 1350. The fourth-order valence-electron chi connectivity index (χ4n) is 3.59. The number of amides is 3. The summed E-state index contributed by atoms with van der Waals surface area (Å²) in [5.41, 5.74) is 4.38. The van der Waals surface area contributed by atoms with E-state index >= 15 is 0 Å². The monoisotopic (exact) mass is 646 g/mol. The number of esters is 1. The Morgan fingerprint density at radius 2 is 1.95 bits per heavy atom. The minimum Gasteiger partial charge on any atom is -0.493 e. The van der Waals surface area contributed by atoms with Gasteiger partial charge in [-0.05, 0) is 77.9 Å². The van der Waals surface area contributed by atoms with E-state index in [4.69, 9.17) is 25.4 Å². The van der Waals surface area contributed by atoms with Crippen LogP contribution in [0.4, 0.5) is 4.79 Å². The van der Waals surface area contributed by atoms with Crippen LogP contribution in [0.1, 0.15) is 31.0 Å². The molecule has 3 amide bonds. The van der Waals surface area contributed by atoms with Crippen molar-refractivity contribution in [3.63, 3.8) is 0 Å². The minimum atomic E-state index is -0.764. The van der Waals surface area contributed by atoms with Crippen LogP contribution in [0.5, 0.6) is 17.2 Å². The number of hydrogen-bond donors (Lipinski definition) is 3. The summed E-state index contributed by atoms with van der Waals surface area (Å²) in [5, 5.41) is 9.26. The van der Waals surface area contributed by atoms with Gasteiger partial charge in [-0.1, -0.05) is 12.0 Å². The van der Waals surface area contributed by atoms with Crippen LogP contribution in [0.2, 0.25) is 0 Å². The maximum Gasteiger partial charge on any atom is 0.338 e. The van der Waals surface area contributed by atoms with Crippen molar-refractivity contribution >= 4 is 46.7 Å². The van der Waals surface area contributed by atoms with E-state index in [1.54, 1.807) is 44.2 Å². The highest BCUT2D eigenvalue weighted by Gasteiger charge is 2.32. The van der Waals surface area contributed by atoms with Gasteiger partial charge in [0, 0.05) is 5.70 Å². The summed E-state index contributed by atoms with van der Waals surface area (Å²) in [6.07, 6.45) is 6.70. The third-order valence-electron chi connectivity index (χ3n) is 5.31. The van der Waals surface area contributed by atoms with Gasteiger partial charge in [0.1, 0.15) is 12.4 Å². The topological polar surface area (TPSA) is 137 Å². The second kappa shape index (κ2) is 14.1. The van der Waals surface area contributed by atoms with Gasteiger partial charge in [-0.3, -0.25) is 4.79 Å². The predicted octanol–water partition coefficient (Wildman–Crippen LogP) is 3.03. The van der Waals surface area contributed by atoms with E-state index in [9.17, 15) is 14.4 Å². The molecule has 0 saturated heterocycles. The first kappa shape index (κ1) is 29.3. The van der Waals surface area contributed by atoms with Gasteiger partial charge in [-0.15, -0.1) is 6.42 Å². The molecule has 0 bridgehead atoms. The number of benzene rings is 2. The zero-order valence-electron chi connectivity index (χ0n) is 21.5. The number of terminal acetylenes is 1. The molecular formula is C27H27IN4O7. The van der Waals surface area contributed by atoms with Crippen molar-refractivity contribution in [2.45, 2.75) is 19.9 Å². The summed E-state index contributed by atoms with van der Waals surface area (Å²) in [7, 11) is 1.44. The van der Waals surface area contributed by atoms with Gasteiger partial charge in [0.2, 0.25) is 0 Å². The molecule has 1 heterocycles. The van der Waals surface area contributed by atoms with Crippen molar-refractivity contribution in [2.75, 3.05) is 26.9 Å². The van der Waals surface area contributed by atoms with Crippen molar-refractivity contribution < 1.29 is 33.3 Å². The number of allylic oxidation sites excluding steroid dienone is 1.